The number of aryl methyl sites for hydroxylation is 1. The Morgan fingerprint density at radius 3 is 2.72 bits per heavy atom. The molecular formula is C20H22Cl2N6O3S. The topological polar surface area (TPSA) is 123 Å². The Morgan fingerprint density at radius 2 is 2.06 bits per heavy atom. The summed E-state index contributed by atoms with van der Waals surface area (Å²) >= 11 is 12.5. The minimum atomic E-state index is -3.35. The van der Waals surface area contributed by atoms with Gasteiger partial charge in [0, 0.05) is 53.7 Å². The van der Waals surface area contributed by atoms with Crippen LogP contribution in [0.5, 0.6) is 0 Å². The van der Waals surface area contributed by atoms with Crippen LogP contribution in [0.1, 0.15) is 28.2 Å². The molecule has 170 valence electrons. The van der Waals surface area contributed by atoms with Crippen molar-refractivity contribution in [3.8, 4) is 11.3 Å². The number of amides is 1. The maximum Gasteiger partial charge on any atom is 0.274 e. The highest BCUT2D eigenvalue weighted by Gasteiger charge is 2.30. The molecule has 0 unspecified atom stereocenters. The smallest absolute Gasteiger partial charge is 0.274 e. The second kappa shape index (κ2) is 8.60. The number of nitrogens with two attached hydrogens (primary N) is 1. The first kappa shape index (κ1) is 22.9. The summed E-state index contributed by atoms with van der Waals surface area (Å²) in [6.45, 7) is 2.75. The molecule has 0 saturated carbocycles. The van der Waals surface area contributed by atoms with E-state index in [0.29, 0.717) is 45.7 Å². The third-order valence-electron chi connectivity index (χ3n) is 5.38. The van der Waals surface area contributed by atoms with Crippen LogP contribution in [0, 0.1) is 6.92 Å². The summed E-state index contributed by atoms with van der Waals surface area (Å²) in [6.07, 6.45) is 3.25. The van der Waals surface area contributed by atoms with Crippen LogP contribution in [0.3, 0.4) is 0 Å². The maximum atomic E-state index is 13.1. The lowest BCUT2D eigenvalue weighted by atomic mass is 10.0. The van der Waals surface area contributed by atoms with Gasteiger partial charge in [-0.05, 0) is 31.5 Å². The van der Waals surface area contributed by atoms with E-state index in [1.165, 1.54) is 0 Å². The van der Waals surface area contributed by atoms with E-state index < -0.39 is 10.0 Å². The molecule has 3 N–H and O–H groups in total. The Bertz CT molecular complexity index is 1320. The predicted octanol–water partition coefficient (Wildman–Crippen LogP) is 2.23. The summed E-state index contributed by atoms with van der Waals surface area (Å²) in [4.78, 5) is 23.6. The van der Waals surface area contributed by atoms with Crippen LogP contribution >= 0.6 is 23.2 Å². The van der Waals surface area contributed by atoms with Crippen molar-refractivity contribution in [1.29, 1.82) is 0 Å². The van der Waals surface area contributed by atoms with Crippen LogP contribution in [-0.2, 0) is 16.6 Å². The van der Waals surface area contributed by atoms with Gasteiger partial charge < -0.3 is 10.6 Å². The average Bonchev–Trinajstić information content (AvgIpc) is 3.32. The molecule has 1 fully saturated rings. The number of sulfonamides is 1. The normalized spacial score (nSPS) is 16.8. The van der Waals surface area contributed by atoms with E-state index in [1.807, 2.05) is 6.92 Å². The van der Waals surface area contributed by atoms with E-state index in [2.05, 4.69) is 14.7 Å². The van der Waals surface area contributed by atoms with Crippen molar-refractivity contribution in [3.63, 3.8) is 0 Å². The van der Waals surface area contributed by atoms with E-state index in [0.717, 1.165) is 11.8 Å². The monoisotopic (exact) mass is 496 g/mol. The van der Waals surface area contributed by atoms with Gasteiger partial charge in [-0.15, -0.1) is 0 Å². The van der Waals surface area contributed by atoms with Crippen molar-refractivity contribution in [2.24, 2.45) is 5.73 Å². The second-order valence-electron chi connectivity index (χ2n) is 7.78. The third kappa shape index (κ3) is 4.46. The van der Waals surface area contributed by atoms with Crippen molar-refractivity contribution < 1.29 is 13.2 Å². The first-order chi connectivity index (χ1) is 15.1. The summed E-state index contributed by atoms with van der Waals surface area (Å²) in [7, 11) is -3.35. The molecule has 4 rings (SSSR count). The fraction of sp³-hybridized carbons (Fsp3) is 0.350. The number of carbonyl (C=O) groups excluding carboxylic acids is 1. The molecule has 0 radical (unpaired) electrons. The highest BCUT2D eigenvalue weighted by molar-refractivity contribution is 7.88. The van der Waals surface area contributed by atoms with E-state index in [4.69, 9.17) is 28.9 Å². The number of fused-ring (bicyclic) bond motifs is 1. The van der Waals surface area contributed by atoms with Gasteiger partial charge in [-0.25, -0.2) is 23.1 Å². The number of halogens is 2. The predicted molar refractivity (Wildman–Crippen MR) is 123 cm³/mol. The Balaban J connectivity index is 1.75. The third-order valence-corrected chi connectivity index (χ3v) is 6.69. The molecule has 0 spiro atoms. The van der Waals surface area contributed by atoms with Gasteiger partial charge in [0.05, 0.1) is 17.0 Å². The highest BCUT2D eigenvalue weighted by atomic mass is 35.5. The van der Waals surface area contributed by atoms with Gasteiger partial charge in [0.25, 0.3) is 5.91 Å². The van der Waals surface area contributed by atoms with E-state index >= 15 is 0 Å². The molecule has 0 bridgehead atoms. The first-order valence-corrected chi connectivity index (χ1v) is 12.5. The van der Waals surface area contributed by atoms with Gasteiger partial charge >= 0.3 is 0 Å². The zero-order chi connectivity index (χ0) is 23.2. The summed E-state index contributed by atoms with van der Waals surface area (Å²) < 4.78 is 27.2. The molecule has 32 heavy (non-hydrogen) atoms. The molecular weight excluding hydrogens is 475 g/mol. The molecule has 1 aliphatic heterocycles. The SMILES string of the molecule is Cc1nc2nc(C(=O)N3CC[C@@H](NS(C)(=O)=O)C3)cn2c(-c2ccc(Cl)cc2Cl)c1CN. The molecule has 0 aliphatic carbocycles. The number of aromatic nitrogens is 3. The summed E-state index contributed by atoms with van der Waals surface area (Å²) in [5.41, 5.74) is 9.07. The van der Waals surface area contributed by atoms with E-state index in [1.54, 1.807) is 33.7 Å². The molecule has 1 saturated heterocycles. The first-order valence-electron chi connectivity index (χ1n) is 9.88. The summed E-state index contributed by atoms with van der Waals surface area (Å²) in [6, 6.07) is 4.84. The Labute approximate surface area is 195 Å². The molecule has 9 nitrogen and oxygen atoms in total. The molecule has 1 aliphatic rings. The fourth-order valence-corrected chi connectivity index (χ4v) is 5.27. The van der Waals surface area contributed by atoms with Crippen LogP contribution in [0.4, 0.5) is 0 Å². The lowest BCUT2D eigenvalue weighted by molar-refractivity contribution is 0.0785. The van der Waals surface area contributed by atoms with Gasteiger partial charge in [0.2, 0.25) is 15.8 Å². The molecule has 3 aromatic rings. The number of benzene rings is 1. The van der Waals surface area contributed by atoms with Crippen molar-refractivity contribution in [2.45, 2.75) is 25.9 Å². The zero-order valence-electron chi connectivity index (χ0n) is 17.5. The van der Waals surface area contributed by atoms with Crippen LogP contribution in [0.25, 0.3) is 17.0 Å². The number of imidazole rings is 1. The largest absolute Gasteiger partial charge is 0.336 e. The number of hydrogen-bond acceptors (Lipinski definition) is 6. The summed E-state index contributed by atoms with van der Waals surface area (Å²) in [5, 5.41) is 0.942. The van der Waals surface area contributed by atoms with Gasteiger partial charge in [-0.3, -0.25) is 9.20 Å². The minimum Gasteiger partial charge on any atom is -0.336 e. The number of hydrogen-bond donors (Lipinski definition) is 2. The standard InChI is InChI=1S/C20H22Cl2N6O3S/c1-11-15(8-23)18(14-4-3-12(21)7-16(14)22)28-10-17(25-20(28)24-11)19(29)27-6-5-13(9-27)26-32(2,30)31/h3-4,7,10,13,26H,5-6,8-9,23H2,1-2H3/t13-/m1/s1. The lowest BCUT2D eigenvalue weighted by Crippen LogP contribution is -2.37. The molecule has 1 aromatic carbocycles. The number of nitrogens with one attached hydrogen (secondary N) is 1. The highest BCUT2D eigenvalue weighted by Crippen LogP contribution is 2.34. The Kier molecular flexibility index (Phi) is 6.17. The Hall–Kier alpha value is -2.24. The molecule has 12 heteroatoms. The van der Waals surface area contributed by atoms with Gasteiger partial charge in [0.15, 0.2) is 0 Å². The van der Waals surface area contributed by atoms with Crippen molar-refractivity contribution in [2.75, 3.05) is 19.3 Å². The van der Waals surface area contributed by atoms with Crippen LogP contribution in [-0.4, -0.2) is 59.0 Å². The van der Waals surface area contributed by atoms with E-state index in [9.17, 15) is 13.2 Å². The molecule has 2 aromatic heterocycles. The average molecular weight is 497 g/mol. The van der Waals surface area contributed by atoms with Crippen molar-refractivity contribution >= 4 is 44.9 Å². The van der Waals surface area contributed by atoms with Crippen LogP contribution < -0.4 is 10.5 Å². The van der Waals surface area contributed by atoms with E-state index in [-0.39, 0.29) is 30.7 Å². The number of carbonyl (C=O) groups is 1. The zero-order valence-corrected chi connectivity index (χ0v) is 19.8. The quantitative estimate of drug-likeness (QED) is 0.558. The molecule has 3 heterocycles. The maximum absolute atomic E-state index is 13.1. The van der Waals surface area contributed by atoms with Crippen molar-refractivity contribution in [1.82, 2.24) is 24.0 Å². The van der Waals surface area contributed by atoms with Crippen LogP contribution in [0.2, 0.25) is 10.0 Å². The Morgan fingerprint density at radius 1 is 1.31 bits per heavy atom. The number of rotatable bonds is 5. The number of likely N-dealkylation sites (tertiary alicyclic amines) is 1. The fourth-order valence-electron chi connectivity index (χ4n) is 3.98. The molecule has 1 atom stereocenters. The summed E-state index contributed by atoms with van der Waals surface area (Å²) in [5.74, 6) is 0.0440. The van der Waals surface area contributed by atoms with Gasteiger partial charge in [-0.1, -0.05) is 23.2 Å². The van der Waals surface area contributed by atoms with Crippen molar-refractivity contribution in [3.05, 3.63) is 51.4 Å². The minimum absolute atomic E-state index is 0.206. The lowest BCUT2D eigenvalue weighted by Gasteiger charge is -2.15. The van der Waals surface area contributed by atoms with Gasteiger partial charge in [-0.2, -0.15) is 0 Å². The number of nitrogens with zero attached hydrogens (tertiary/aromatic N) is 4. The van der Waals surface area contributed by atoms with Gasteiger partial charge in [0.1, 0.15) is 5.69 Å². The van der Waals surface area contributed by atoms with Crippen LogP contribution in [0.15, 0.2) is 24.4 Å². The second-order valence-corrected chi connectivity index (χ2v) is 10.4. The molecule has 1 amide bonds.